The van der Waals surface area contributed by atoms with Crippen LogP contribution < -0.4 is 10.6 Å². The fraction of sp³-hybridized carbons (Fsp3) is 0.455. The molecular formula is C11H18ClN3O. The summed E-state index contributed by atoms with van der Waals surface area (Å²) >= 11 is 0. The second kappa shape index (κ2) is 8.07. The van der Waals surface area contributed by atoms with Crippen LogP contribution >= 0.6 is 12.4 Å². The first-order valence-electron chi connectivity index (χ1n) is 5.08. The lowest BCUT2D eigenvalue weighted by atomic mass is 10.1. The Labute approximate surface area is 102 Å². The maximum absolute atomic E-state index is 11.4. The number of hydrogen-bond acceptors (Lipinski definition) is 3. The summed E-state index contributed by atoms with van der Waals surface area (Å²) in [6, 6.07) is 3.84. The molecule has 1 aromatic heterocycles. The monoisotopic (exact) mass is 243 g/mol. The Bertz CT molecular complexity index is 305. The van der Waals surface area contributed by atoms with Crippen molar-refractivity contribution >= 4 is 18.3 Å². The summed E-state index contributed by atoms with van der Waals surface area (Å²) < 4.78 is 0. The topological polar surface area (TPSA) is 54.0 Å². The normalized spacial score (nSPS) is 11.4. The molecule has 0 aliphatic heterocycles. The highest BCUT2D eigenvalue weighted by Crippen LogP contribution is 2.09. The van der Waals surface area contributed by atoms with E-state index in [9.17, 15) is 4.79 Å². The van der Waals surface area contributed by atoms with Crippen LogP contribution in [0.4, 0.5) is 0 Å². The van der Waals surface area contributed by atoms with Gasteiger partial charge in [-0.1, -0.05) is 6.07 Å². The summed E-state index contributed by atoms with van der Waals surface area (Å²) in [5.41, 5.74) is 1.02. The van der Waals surface area contributed by atoms with Gasteiger partial charge in [-0.25, -0.2) is 0 Å². The van der Waals surface area contributed by atoms with Gasteiger partial charge in [-0.05, 0) is 25.6 Å². The average Bonchev–Trinajstić information content (AvgIpc) is 2.27. The molecule has 0 aromatic carbocycles. The van der Waals surface area contributed by atoms with Crippen LogP contribution in [0.2, 0.25) is 0 Å². The van der Waals surface area contributed by atoms with Gasteiger partial charge in [-0.3, -0.25) is 9.78 Å². The Balaban J connectivity index is 0.00000225. The van der Waals surface area contributed by atoms with Gasteiger partial charge >= 0.3 is 0 Å². The van der Waals surface area contributed by atoms with E-state index in [1.807, 2.05) is 26.1 Å². The predicted octanol–water partition coefficient (Wildman–Crippen LogP) is 1.29. The van der Waals surface area contributed by atoms with E-state index >= 15 is 0 Å². The van der Waals surface area contributed by atoms with Crippen LogP contribution in [0.3, 0.4) is 0 Å². The summed E-state index contributed by atoms with van der Waals surface area (Å²) in [5, 5.41) is 5.85. The van der Waals surface area contributed by atoms with E-state index in [1.165, 1.54) is 0 Å². The van der Waals surface area contributed by atoms with Gasteiger partial charge in [-0.2, -0.15) is 0 Å². The zero-order valence-corrected chi connectivity index (χ0v) is 10.4. The van der Waals surface area contributed by atoms with E-state index in [1.54, 1.807) is 12.4 Å². The first-order chi connectivity index (χ1) is 7.24. The van der Waals surface area contributed by atoms with Crippen LogP contribution in [0.25, 0.3) is 0 Å². The van der Waals surface area contributed by atoms with Gasteiger partial charge in [0.15, 0.2) is 0 Å². The minimum atomic E-state index is 0. The van der Waals surface area contributed by atoms with Gasteiger partial charge in [-0.15, -0.1) is 12.4 Å². The van der Waals surface area contributed by atoms with Gasteiger partial charge in [0.25, 0.3) is 0 Å². The number of pyridine rings is 1. The van der Waals surface area contributed by atoms with E-state index in [-0.39, 0.29) is 24.4 Å². The number of amides is 1. The first kappa shape index (κ1) is 14.9. The average molecular weight is 244 g/mol. The minimum absolute atomic E-state index is 0. The van der Waals surface area contributed by atoms with Crippen LogP contribution in [0.15, 0.2) is 24.5 Å². The van der Waals surface area contributed by atoms with Crippen LogP contribution in [-0.4, -0.2) is 24.5 Å². The number of aromatic nitrogens is 1. The van der Waals surface area contributed by atoms with Crippen molar-refractivity contribution in [3.63, 3.8) is 0 Å². The number of hydrogen-bond donors (Lipinski definition) is 2. The summed E-state index contributed by atoms with van der Waals surface area (Å²) in [6.07, 6.45) is 3.99. The third-order valence-electron chi connectivity index (χ3n) is 2.16. The molecule has 1 rings (SSSR count). The van der Waals surface area contributed by atoms with E-state index in [0.717, 1.165) is 5.56 Å². The molecule has 0 saturated carbocycles. The molecule has 5 heteroatoms. The predicted molar refractivity (Wildman–Crippen MR) is 66.6 cm³/mol. The molecule has 1 heterocycles. The minimum Gasteiger partial charge on any atom is -0.349 e. The molecule has 2 N–H and O–H groups in total. The number of nitrogens with zero attached hydrogens (tertiary/aromatic N) is 1. The van der Waals surface area contributed by atoms with Crippen molar-refractivity contribution in [2.75, 3.05) is 13.6 Å². The Morgan fingerprint density at radius 3 is 2.88 bits per heavy atom. The molecule has 0 aliphatic carbocycles. The quantitative estimate of drug-likeness (QED) is 0.820. The summed E-state index contributed by atoms with van der Waals surface area (Å²) in [6.45, 7) is 2.65. The molecule has 0 saturated heterocycles. The summed E-state index contributed by atoms with van der Waals surface area (Å²) in [5.74, 6) is 0.0562. The van der Waals surface area contributed by atoms with E-state index in [2.05, 4.69) is 15.6 Å². The number of halogens is 1. The van der Waals surface area contributed by atoms with Crippen LogP contribution in [0.5, 0.6) is 0 Å². The van der Waals surface area contributed by atoms with Gasteiger partial charge in [0.2, 0.25) is 5.91 Å². The molecule has 0 bridgehead atoms. The van der Waals surface area contributed by atoms with E-state index < -0.39 is 0 Å². The Morgan fingerprint density at radius 2 is 2.31 bits per heavy atom. The van der Waals surface area contributed by atoms with Gasteiger partial charge in [0.1, 0.15) is 0 Å². The van der Waals surface area contributed by atoms with Crippen molar-refractivity contribution in [3.8, 4) is 0 Å². The molecule has 1 unspecified atom stereocenters. The Kier molecular flexibility index (Phi) is 7.50. The molecule has 1 atom stereocenters. The number of rotatable bonds is 5. The number of carbonyl (C=O) groups excluding carboxylic acids is 1. The van der Waals surface area contributed by atoms with E-state index in [0.29, 0.717) is 13.0 Å². The van der Waals surface area contributed by atoms with Crippen molar-refractivity contribution in [2.45, 2.75) is 19.4 Å². The second-order valence-electron chi connectivity index (χ2n) is 3.43. The van der Waals surface area contributed by atoms with Crippen molar-refractivity contribution in [1.82, 2.24) is 15.6 Å². The standard InChI is InChI=1S/C11H17N3O.ClH/c1-9(10-4-3-6-13-8-10)14-11(15)5-7-12-2;/h3-4,6,8-9,12H,5,7H2,1-2H3,(H,14,15);1H. The molecular weight excluding hydrogens is 226 g/mol. The van der Waals surface area contributed by atoms with Crippen LogP contribution in [0, 0.1) is 0 Å². The lowest BCUT2D eigenvalue weighted by molar-refractivity contribution is -0.121. The van der Waals surface area contributed by atoms with E-state index in [4.69, 9.17) is 0 Å². The lowest BCUT2D eigenvalue weighted by Crippen LogP contribution is -2.29. The number of nitrogens with one attached hydrogen (secondary N) is 2. The van der Waals surface area contributed by atoms with Crippen molar-refractivity contribution in [3.05, 3.63) is 30.1 Å². The fourth-order valence-corrected chi connectivity index (χ4v) is 1.27. The SMILES string of the molecule is CNCCC(=O)NC(C)c1cccnc1.Cl. The van der Waals surface area contributed by atoms with Crippen molar-refractivity contribution < 1.29 is 4.79 Å². The van der Waals surface area contributed by atoms with Crippen molar-refractivity contribution in [2.24, 2.45) is 0 Å². The molecule has 0 spiro atoms. The zero-order chi connectivity index (χ0) is 11.1. The number of carbonyl (C=O) groups is 1. The highest BCUT2D eigenvalue weighted by molar-refractivity contribution is 5.85. The van der Waals surface area contributed by atoms with Gasteiger partial charge in [0, 0.05) is 25.4 Å². The van der Waals surface area contributed by atoms with Gasteiger partial charge < -0.3 is 10.6 Å². The second-order valence-corrected chi connectivity index (χ2v) is 3.43. The molecule has 90 valence electrons. The third-order valence-corrected chi connectivity index (χ3v) is 2.16. The summed E-state index contributed by atoms with van der Waals surface area (Å²) in [4.78, 5) is 15.4. The highest BCUT2D eigenvalue weighted by Gasteiger charge is 2.08. The third kappa shape index (κ3) is 5.09. The Morgan fingerprint density at radius 1 is 1.56 bits per heavy atom. The van der Waals surface area contributed by atoms with Gasteiger partial charge in [0.05, 0.1) is 6.04 Å². The highest BCUT2D eigenvalue weighted by atomic mass is 35.5. The largest absolute Gasteiger partial charge is 0.349 e. The van der Waals surface area contributed by atoms with Crippen molar-refractivity contribution in [1.29, 1.82) is 0 Å². The lowest BCUT2D eigenvalue weighted by Gasteiger charge is -2.13. The molecule has 1 aromatic rings. The molecule has 16 heavy (non-hydrogen) atoms. The molecule has 4 nitrogen and oxygen atoms in total. The Hall–Kier alpha value is -1.13. The van der Waals surface area contributed by atoms with Crippen LogP contribution in [0.1, 0.15) is 24.9 Å². The van der Waals surface area contributed by atoms with Crippen LogP contribution in [-0.2, 0) is 4.79 Å². The summed E-state index contributed by atoms with van der Waals surface area (Å²) in [7, 11) is 1.83. The zero-order valence-electron chi connectivity index (χ0n) is 9.56. The fourth-order valence-electron chi connectivity index (χ4n) is 1.27. The molecule has 1 amide bonds. The maximum atomic E-state index is 11.4. The smallest absolute Gasteiger partial charge is 0.221 e. The molecule has 0 fully saturated rings. The maximum Gasteiger partial charge on any atom is 0.221 e. The molecule has 0 aliphatic rings. The first-order valence-corrected chi connectivity index (χ1v) is 5.08. The molecule has 0 radical (unpaired) electrons.